The summed E-state index contributed by atoms with van der Waals surface area (Å²) in [7, 11) is 0. The maximum absolute atomic E-state index is 15.0. The van der Waals surface area contributed by atoms with Crippen LogP contribution in [0.4, 0.5) is 28.0 Å². The molecule has 1 aliphatic carbocycles. The fourth-order valence-corrected chi connectivity index (χ4v) is 4.90. The van der Waals surface area contributed by atoms with Crippen molar-refractivity contribution in [2.24, 2.45) is 11.7 Å². The van der Waals surface area contributed by atoms with Crippen LogP contribution in [-0.4, -0.2) is 39.1 Å². The highest BCUT2D eigenvalue weighted by atomic mass is 19.4. The van der Waals surface area contributed by atoms with Gasteiger partial charge in [-0.15, -0.1) is 0 Å². The third-order valence-electron chi connectivity index (χ3n) is 7.26. The average molecular weight is 573 g/mol. The van der Waals surface area contributed by atoms with Crippen molar-refractivity contribution < 1.29 is 31.9 Å². The van der Waals surface area contributed by atoms with Crippen molar-refractivity contribution in [2.75, 3.05) is 11.9 Å². The van der Waals surface area contributed by atoms with Crippen LogP contribution < -0.4 is 16.4 Å². The quantitative estimate of drug-likeness (QED) is 0.315. The number of imide groups is 1. The van der Waals surface area contributed by atoms with Crippen molar-refractivity contribution in [2.45, 2.75) is 50.9 Å². The topological polar surface area (TPSA) is 122 Å². The lowest BCUT2D eigenvalue weighted by Gasteiger charge is -2.35. The SMILES string of the molecule is NCc1cccc(-n2nc(C(F)(F)F)cc2C(=O)Nc2cc(C(CCC3CC3)N3CCC(=O)NC3=O)ccc2F)c1. The molecule has 0 bridgehead atoms. The van der Waals surface area contributed by atoms with Crippen molar-refractivity contribution >= 4 is 23.5 Å². The molecule has 2 aromatic carbocycles. The van der Waals surface area contributed by atoms with E-state index in [-0.39, 0.29) is 36.8 Å². The number of nitrogens with one attached hydrogen (secondary N) is 2. The first-order valence-corrected chi connectivity index (χ1v) is 13.2. The first-order valence-electron chi connectivity index (χ1n) is 13.2. The lowest BCUT2D eigenvalue weighted by Crippen LogP contribution is -2.50. The molecule has 1 saturated heterocycles. The van der Waals surface area contributed by atoms with E-state index in [9.17, 15) is 31.9 Å². The first-order chi connectivity index (χ1) is 19.5. The summed E-state index contributed by atoms with van der Waals surface area (Å²) in [6, 6.07) is 9.77. The predicted molar refractivity (Wildman–Crippen MR) is 140 cm³/mol. The Labute approximate surface area is 232 Å². The van der Waals surface area contributed by atoms with Gasteiger partial charge in [0.15, 0.2) is 5.69 Å². The molecule has 3 aromatic rings. The van der Waals surface area contributed by atoms with E-state index in [4.69, 9.17) is 5.73 Å². The molecule has 2 aliphatic rings. The molecular formula is C28H28F4N6O3. The number of halogens is 4. The number of hydrogen-bond donors (Lipinski definition) is 3. The van der Waals surface area contributed by atoms with Crippen LogP contribution in [0.15, 0.2) is 48.5 Å². The number of anilines is 1. The predicted octanol–water partition coefficient (Wildman–Crippen LogP) is 4.91. The maximum atomic E-state index is 15.0. The number of alkyl halides is 3. The standard InChI is InChI=1S/C28H28F4N6O3/c29-20-8-7-18(22(9-6-16-4-5-16)37-11-10-25(39)35-27(37)41)13-21(20)34-26(40)23-14-24(28(30,31)32)36-38(23)19-3-1-2-17(12-19)15-33/h1-3,7-8,12-14,16,22H,4-6,9-11,15,33H2,(H,34,40)(H,35,39,41). The molecule has 216 valence electrons. The van der Waals surface area contributed by atoms with Gasteiger partial charge in [0, 0.05) is 25.6 Å². The molecule has 0 radical (unpaired) electrons. The minimum atomic E-state index is -4.83. The molecule has 1 aromatic heterocycles. The summed E-state index contributed by atoms with van der Waals surface area (Å²) in [4.78, 5) is 39.2. The number of carbonyl (C=O) groups is 3. The second kappa shape index (κ2) is 11.3. The third kappa shape index (κ3) is 6.40. The molecule has 1 aliphatic heterocycles. The molecule has 2 fully saturated rings. The Morgan fingerprint density at radius 2 is 1.93 bits per heavy atom. The van der Waals surface area contributed by atoms with E-state index in [0.29, 0.717) is 29.5 Å². The van der Waals surface area contributed by atoms with E-state index >= 15 is 0 Å². The summed E-state index contributed by atoms with van der Waals surface area (Å²) in [5, 5.41) is 8.28. The third-order valence-corrected chi connectivity index (χ3v) is 7.26. The Hall–Kier alpha value is -4.26. The molecule has 4 N–H and O–H groups in total. The summed E-state index contributed by atoms with van der Waals surface area (Å²) < 4.78 is 56.5. The zero-order valence-corrected chi connectivity index (χ0v) is 21.9. The van der Waals surface area contributed by atoms with Gasteiger partial charge in [-0.05, 0) is 54.2 Å². The Kier molecular flexibility index (Phi) is 7.80. The summed E-state index contributed by atoms with van der Waals surface area (Å²) in [6.07, 6.45) is -1.16. The molecule has 13 heteroatoms. The second-order valence-electron chi connectivity index (χ2n) is 10.2. The van der Waals surface area contributed by atoms with Crippen LogP contribution in [0.5, 0.6) is 0 Å². The van der Waals surface area contributed by atoms with Crippen LogP contribution in [0.25, 0.3) is 5.69 Å². The van der Waals surface area contributed by atoms with Gasteiger partial charge >= 0.3 is 12.2 Å². The molecule has 2 heterocycles. The maximum Gasteiger partial charge on any atom is 0.435 e. The highest BCUT2D eigenvalue weighted by molar-refractivity contribution is 6.03. The first kappa shape index (κ1) is 28.3. The number of nitrogens with zero attached hydrogens (tertiary/aromatic N) is 3. The average Bonchev–Trinajstić information content (AvgIpc) is 3.64. The van der Waals surface area contributed by atoms with Crippen LogP contribution >= 0.6 is 0 Å². The van der Waals surface area contributed by atoms with Gasteiger partial charge in [-0.25, -0.2) is 13.9 Å². The van der Waals surface area contributed by atoms with Crippen LogP contribution in [0.3, 0.4) is 0 Å². The summed E-state index contributed by atoms with van der Waals surface area (Å²) in [6.45, 7) is 0.298. The highest BCUT2D eigenvalue weighted by Gasteiger charge is 2.37. The molecule has 5 rings (SSSR count). The fraction of sp³-hybridized carbons (Fsp3) is 0.357. The molecular weight excluding hydrogens is 544 g/mol. The minimum absolute atomic E-state index is 0.117. The summed E-state index contributed by atoms with van der Waals surface area (Å²) in [5.41, 5.74) is 4.94. The normalized spacial score (nSPS) is 16.5. The van der Waals surface area contributed by atoms with Crippen LogP contribution in [0.2, 0.25) is 0 Å². The van der Waals surface area contributed by atoms with Crippen LogP contribution in [0.1, 0.15) is 65.5 Å². The van der Waals surface area contributed by atoms with Crippen LogP contribution in [-0.2, 0) is 17.5 Å². The highest BCUT2D eigenvalue weighted by Crippen LogP contribution is 2.39. The number of rotatable bonds is 9. The number of amides is 4. The number of hydrogen-bond acceptors (Lipinski definition) is 5. The number of benzene rings is 2. The molecule has 41 heavy (non-hydrogen) atoms. The van der Waals surface area contributed by atoms with Gasteiger partial charge < -0.3 is 16.0 Å². The van der Waals surface area contributed by atoms with E-state index in [0.717, 1.165) is 30.0 Å². The van der Waals surface area contributed by atoms with Gasteiger partial charge in [0.1, 0.15) is 11.5 Å². The molecule has 9 nitrogen and oxygen atoms in total. The van der Waals surface area contributed by atoms with E-state index in [1.165, 1.54) is 29.2 Å². The van der Waals surface area contributed by atoms with Gasteiger partial charge in [0.05, 0.1) is 17.4 Å². The van der Waals surface area contributed by atoms with Crippen molar-refractivity contribution in [3.63, 3.8) is 0 Å². The van der Waals surface area contributed by atoms with Crippen molar-refractivity contribution in [1.82, 2.24) is 20.0 Å². The molecule has 1 saturated carbocycles. The second-order valence-corrected chi connectivity index (χ2v) is 10.2. The Morgan fingerprint density at radius 3 is 2.61 bits per heavy atom. The Morgan fingerprint density at radius 1 is 1.15 bits per heavy atom. The Balaban J connectivity index is 1.46. The lowest BCUT2D eigenvalue weighted by molar-refractivity contribution is -0.141. The van der Waals surface area contributed by atoms with Gasteiger partial charge in [0.2, 0.25) is 5.91 Å². The molecule has 1 unspecified atom stereocenters. The largest absolute Gasteiger partial charge is 0.435 e. The number of carbonyl (C=O) groups excluding carboxylic acids is 3. The molecule has 0 spiro atoms. The number of aromatic nitrogens is 2. The Bertz CT molecular complexity index is 1480. The zero-order chi connectivity index (χ0) is 29.3. The molecule has 4 amide bonds. The molecule has 1 atom stereocenters. The fourth-order valence-electron chi connectivity index (χ4n) is 4.90. The van der Waals surface area contributed by atoms with Crippen molar-refractivity contribution in [3.05, 3.63) is 76.9 Å². The van der Waals surface area contributed by atoms with Gasteiger partial charge in [-0.3, -0.25) is 14.9 Å². The monoisotopic (exact) mass is 572 g/mol. The van der Waals surface area contributed by atoms with E-state index in [2.05, 4.69) is 15.7 Å². The van der Waals surface area contributed by atoms with Crippen molar-refractivity contribution in [1.29, 1.82) is 0 Å². The van der Waals surface area contributed by atoms with Gasteiger partial charge in [0.25, 0.3) is 5.91 Å². The summed E-state index contributed by atoms with van der Waals surface area (Å²) in [5.74, 6) is -1.68. The lowest BCUT2D eigenvalue weighted by atomic mass is 9.97. The van der Waals surface area contributed by atoms with Crippen molar-refractivity contribution in [3.8, 4) is 5.69 Å². The van der Waals surface area contributed by atoms with Gasteiger partial charge in [-0.1, -0.05) is 31.0 Å². The van der Waals surface area contributed by atoms with Gasteiger partial charge in [-0.2, -0.15) is 18.3 Å². The smallest absolute Gasteiger partial charge is 0.326 e. The zero-order valence-electron chi connectivity index (χ0n) is 21.9. The minimum Gasteiger partial charge on any atom is -0.326 e. The summed E-state index contributed by atoms with van der Waals surface area (Å²) >= 11 is 0. The number of urea groups is 1. The van der Waals surface area contributed by atoms with E-state index in [1.807, 2.05) is 0 Å². The number of nitrogens with two attached hydrogens (primary N) is 1. The van der Waals surface area contributed by atoms with Crippen LogP contribution in [0, 0.1) is 11.7 Å². The van der Waals surface area contributed by atoms with E-state index in [1.54, 1.807) is 12.1 Å². The van der Waals surface area contributed by atoms with E-state index < -0.39 is 41.4 Å².